The summed E-state index contributed by atoms with van der Waals surface area (Å²) < 4.78 is 9.96. The summed E-state index contributed by atoms with van der Waals surface area (Å²) in [6, 6.07) is 9.36. The molecule has 0 saturated carbocycles. The Morgan fingerprint density at radius 3 is 2.68 bits per heavy atom. The Kier molecular flexibility index (Phi) is 4.18. The molecule has 0 aliphatic carbocycles. The second-order valence-electron chi connectivity index (χ2n) is 4.19. The van der Waals surface area contributed by atoms with E-state index in [1.54, 1.807) is 20.1 Å². The number of aromatic nitrogens is 1. The minimum absolute atomic E-state index is 0.242. The van der Waals surface area contributed by atoms with Gasteiger partial charge in [0.1, 0.15) is 5.75 Å². The first-order valence-corrected chi connectivity index (χ1v) is 6.03. The maximum Gasteiger partial charge on any atom is 0.289 e. The molecule has 1 aromatic heterocycles. The van der Waals surface area contributed by atoms with E-state index in [0.717, 1.165) is 17.7 Å². The summed E-state index contributed by atoms with van der Waals surface area (Å²) in [7, 11) is 1.63. The van der Waals surface area contributed by atoms with E-state index in [1.165, 1.54) is 0 Å². The third-order valence-corrected chi connectivity index (χ3v) is 2.71. The maximum atomic E-state index is 11.7. The third-order valence-electron chi connectivity index (χ3n) is 2.71. The Bertz CT molecular complexity index is 546. The molecule has 0 bridgehead atoms. The smallest absolute Gasteiger partial charge is 0.289 e. The number of methoxy groups -OCH3 is 1. The van der Waals surface area contributed by atoms with Crippen molar-refractivity contribution in [1.82, 2.24) is 10.5 Å². The van der Waals surface area contributed by atoms with Gasteiger partial charge in [0.05, 0.1) is 12.8 Å². The van der Waals surface area contributed by atoms with E-state index in [4.69, 9.17) is 9.26 Å². The van der Waals surface area contributed by atoms with E-state index in [2.05, 4.69) is 10.5 Å². The van der Waals surface area contributed by atoms with Gasteiger partial charge >= 0.3 is 0 Å². The van der Waals surface area contributed by atoms with Crippen LogP contribution in [0.15, 0.2) is 34.9 Å². The highest BCUT2D eigenvalue weighted by Gasteiger charge is 2.10. The molecule has 2 aromatic rings. The highest BCUT2D eigenvalue weighted by atomic mass is 16.5. The van der Waals surface area contributed by atoms with Gasteiger partial charge in [-0.15, -0.1) is 0 Å². The van der Waals surface area contributed by atoms with Crippen LogP contribution in [0.25, 0.3) is 0 Å². The third kappa shape index (κ3) is 3.58. The van der Waals surface area contributed by atoms with E-state index in [9.17, 15) is 4.79 Å². The van der Waals surface area contributed by atoms with Gasteiger partial charge in [-0.2, -0.15) is 0 Å². The van der Waals surface area contributed by atoms with Crippen LogP contribution in [0.4, 0.5) is 0 Å². The molecular weight excluding hydrogens is 244 g/mol. The van der Waals surface area contributed by atoms with Crippen LogP contribution in [0, 0.1) is 6.92 Å². The van der Waals surface area contributed by atoms with E-state index in [1.807, 2.05) is 24.3 Å². The Morgan fingerprint density at radius 1 is 1.37 bits per heavy atom. The lowest BCUT2D eigenvalue weighted by Gasteiger charge is -2.04. The molecule has 0 saturated heterocycles. The number of rotatable bonds is 5. The van der Waals surface area contributed by atoms with Crippen molar-refractivity contribution in [3.8, 4) is 5.75 Å². The zero-order chi connectivity index (χ0) is 13.7. The summed E-state index contributed by atoms with van der Waals surface area (Å²) in [5, 5.41) is 6.46. The van der Waals surface area contributed by atoms with Gasteiger partial charge < -0.3 is 14.6 Å². The number of amides is 1. The first-order chi connectivity index (χ1) is 9.19. The highest BCUT2D eigenvalue weighted by molar-refractivity contribution is 5.91. The summed E-state index contributed by atoms with van der Waals surface area (Å²) in [4.78, 5) is 11.7. The van der Waals surface area contributed by atoms with Gasteiger partial charge in [0.2, 0.25) is 5.76 Å². The molecule has 1 N–H and O–H groups in total. The average molecular weight is 260 g/mol. The van der Waals surface area contributed by atoms with Crippen LogP contribution in [0.2, 0.25) is 0 Å². The van der Waals surface area contributed by atoms with E-state index in [0.29, 0.717) is 12.2 Å². The SMILES string of the molecule is COc1ccc(CCNC(=O)c2cc(C)no2)cc1. The van der Waals surface area contributed by atoms with Crippen molar-refractivity contribution >= 4 is 5.91 Å². The number of carbonyl (C=O) groups excluding carboxylic acids is 1. The number of benzene rings is 1. The number of nitrogens with one attached hydrogen (secondary N) is 1. The minimum Gasteiger partial charge on any atom is -0.497 e. The largest absolute Gasteiger partial charge is 0.497 e. The predicted molar refractivity (Wildman–Crippen MR) is 70.3 cm³/mol. The fourth-order valence-electron chi connectivity index (χ4n) is 1.67. The molecule has 1 aromatic carbocycles. The van der Waals surface area contributed by atoms with Crippen molar-refractivity contribution in [1.29, 1.82) is 0 Å². The van der Waals surface area contributed by atoms with Crippen molar-refractivity contribution < 1.29 is 14.1 Å². The fraction of sp³-hybridized carbons (Fsp3) is 0.286. The monoisotopic (exact) mass is 260 g/mol. The molecule has 1 heterocycles. The number of nitrogens with zero attached hydrogens (tertiary/aromatic N) is 1. The quantitative estimate of drug-likeness (QED) is 0.892. The van der Waals surface area contributed by atoms with Crippen LogP contribution in [0.5, 0.6) is 5.75 Å². The molecule has 0 aliphatic rings. The standard InChI is InChI=1S/C14H16N2O3/c1-10-9-13(19-16-10)14(17)15-8-7-11-3-5-12(18-2)6-4-11/h3-6,9H,7-8H2,1-2H3,(H,15,17). The molecule has 0 aliphatic heterocycles. The van der Waals surface area contributed by atoms with Crippen LogP contribution < -0.4 is 10.1 Å². The van der Waals surface area contributed by atoms with Crippen molar-refractivity contribution in [3.63, 3.8) is 0 Å². The minimum atomic E-state index is -0.242. The van der Waals surface area contributed by atoms with Crippen molar-refractivity contribution in [2.24, 2.45) is 0 Å². The van der Waals surface area contributed by atoms with Crippen LogP contribution >= 0.6 is 0 Å². The molecule has 0 radical (unpaired) electrons. The van der Waals surface area contributed by atoms with Gasteiger partial charge in [-0.3, -0.25) is 4.79 Å². The summed E-state index contributed by atoms with van der Waals surface area (Å²) in [6.45, 7) is 2.32. The van der Waals surface area contributed by atoms with Gasteiger partial charge in [-0.25, -0.2) is 0 Å². The molecule has 19 heavy (non-hydrogen) atoms. The number of hydrogen-bond acceptors (Lipinski definition) is 4. The van der Waals surface area contributed by atoms with Crippen molar-refractivity contribution in [2.45, 2.75) is 13.3 Å². The number of ether oxygens (including phenoxy) is 1. The second-order valence-corrected chi connectivity index (χ2v) is 4.19. The molecule has 1 amide bonds. The van der Waals surface area contributed by atoms with Gasteiger partial charge in [0.15, 0.2) is 0 Å². The first-order valence-electron chi connectivity index (χ1n) is 6.03. The molecule has 0 fully saturated rings. The number of aryl methyl sites for hydroxylation is 1. The van der Waals surface area contributed by atoms with Gasteiger partial charge in [0.25, 0.3) is 5.91 Å². The van der Waals surface area contributed by atoms with Gasteiger partial charge in [0, 0.05) is 12.6 Å². The molecule has 5 heteroatoms. The average Bonchev–Trinajstić information content (AvgIpc) is 2.86. The van der Waals surface area contributed by atoms with Gasteiger partial charge in [-0.1, -0.05) is 17.3 Å². The number of carbonyl (C=O) groups is 1. The summed E-state index contributed by atoms with van der Waals surface area (Å²) in [6.07, 6.45) is 0.753. The van der Waals surface area contributed by atoms with E-state index < -0.39 is 0 Å². The summed E-state index contributed by atoms with van der Waals surface area (Å²) in [5.74, 6) is 0.825. The molecule has 0 spiro atoms. The van der Waals surface area contributed by atoms with Gasteiger partial charge in [-0.05, 0) is 31.0 Å². The number of hydrogen-bond donors (Lipinski definition) is 1. The predicted octanol–water partition coefficient (Wildman–Crippen LogP) is 1.96. The Balaban J connectivity index is 1.81. The lowest BCUT2D eigenvalue weighted by Crippen LogP contribution is -2.25. The zero-order valence-electron chi connectivity index (χ0n) is 11.0. The Hall–Kier alpha value is -2.30. The topological polar surface area (TPSA) is 64.4 Å². The lowest BCUT2D eigenvalue weighted by atomic mass is 10.1. The fourth-order valence-corrected chi connectivity index (χ4v) is 1.67. The van der Waals surface area contributed by atoms with Crippen LogP contribution in [-0.4, -0.2) is 24.7 Å². The molecule has 5 nitrogen and oxygen atoms in total. The second kappa shape index (κ2) is 6.04. The molecule has 2 rings (SSSR count). The maximum absolute atomic E-state index is 11.7. The zero-order valence-corrected chi connectivity index (χ0v) is 11.0. The van der Waals surface area contributed by atoms with Crippen LogP contribution in [-0.2, 0) is 6.42 Å². The summed E-state index contributed by atoms with van der Waals surface area (Å²) in [5.41, 5.74) is 1.83. The summed E-state index contributed by atoms with van der Waals surface area (Å²) >= 11 is 0. The van der Waals surface area contributed by atoms with E-state index in [-0.39, 0.29) is 11.7 Å². The molecule has 0 atom stereocenters. The van der Waals surface area contributed by atoms with Crippen molar-refractivity contribution in [3.05, 3.63) is 47.3 Å². The first kappa shape index (κ1) is 13.1. The lowest BCUT2D eigenvalue weighted by molar-refractivity contribution is 0.0917. The molecule has 0 unspecified atom stereocenters. The normalized spacial score (nSPS) is 10.2. The van der Waals surface area contributed by atoms with Crippen LogP contribution in [0.3, 0.4) is 0 Å². The van der Waals surface area contributed by atoms with Crippen molar-refractivity contribution in [2.75, 3.05) is 13.7 Å². The Labute approximate surface area is 111 Å². The highest BCUT2D eigenvalue weighted by Crippen LogP contribution is 2.11. The molecular formula is C14H16N2O3. The molecule has 100 valence electrons. The van der Waals surface area contributed by atoms with Crippen LogP contribution in [0.1, 0.15) is 21.8 Å². The Morgan fingerprint density at radius 2 is 2.11 bits per heavy atom. The van der Waals surface area contributed by atoms with E-state index >= 15 is 0 Å².